The summed E-state index contributed by atoms with van der Waals surface area (Å²) < 4.78 is 36.2. The minimum Gasteiger partial charge on any atom is -0.756 e. The Bertz CT molecular complexity index is 1040. The topological polar surface area (TPSA) is 255 Å². The molecule has 1 aliphatic rings. The van der Waals surface area contributed by atoms with E-state index in [1.807, 2.05) is 0 Å². The van der Waals surface area contributed by atoms with Gasteiger partial charge >= 0.3 is 37.4 Å². The van der Waals surface area contributed by atoms with Crippen molar-refractivity contribution in [2.24, 2.45) is 0 Å². The fourth-order valence-corrected chi connectivity index (χ4v) is 4.10. The summed E-state index contributed by atoms with van der Waals surface area (Å²) in [6.07, 6.45) is -5.00. The van der Waals surface area contributed by atoms with Crippen molar-refractivity contribution in [1.29, 1.82) is 0 Å². The molecule has 2 aromatic heterocycles. The Labute approximate surface area is 182 Å². The van der Waals surface area contributed by atoms with Crippen LogP contribution in [0.25, 0.3) is 11.2 Å². The third kappa shape index (κ3) is 5.51. The van der Waals surface area contributed by atoms with Crippen LogP contribution >= 0.6 is 15.6 Å². The number of ether oxygens (including phenoxy) is 1. The number of fused-ring (bicyclic) bond motifs is 1. The molecule has 0 spiro atoms. The van der Waals surface area contributed by atoms with Crippen molar-refractivity contribution in [2.45, 2.75) is 24.5 Å². The van der Waals surface area contributed by atoms with Crippen molar-refractivity contribution in [3.05, 3.63) is 16.7 Å². The van der Waals surface area contributed by atoms with Crippen LogP contribution in [-0.2, 0) is 22.7 Å². The maximum Gasteiger partial charge on any atom is 1.00 e. The molecule has 1 aliphatic heterocycles. The third-order valence-corrected chi connectivity index (χ3v) is 5.78. The first-order valence-electron chi connectivity index (χ1n) is 7.34. The number of rotatable bonds is 6. The van der Waals surface area contributed by atoms with E-state index in [4.69, 9.17) is 20.3 Å². The molecule has 29 heavy (non-hydrogen) atoms. The van der Waals surface area contributed by atoms with Crippen LogP contribution in [-0.4, -0.2) is 64.4 Å². The van der Waals surface area contributed by atoms with E-state index in [-0.39, 0.29) is 46.7 Å². The first-order chi connectivity index (χ1) is 12.9. The van der Waals surface area contributed by atoms with Crippen molar-refractivity contribution in [3.8, 4) is 0 Å². The van der Waals surface area contributed by atoms with Gasteiger partial charge in [-0.25, -0.2) is 13.9 Å². The molecule has 156 valence electrons. The molecule has 1 saturated heterocycles. The van der Waals surface area contributed by atoms with Gasteiger partial charge in [0.15, 0.2) is 17.4 Å². The smallest absolute Gasteiger partial charge is 0.756 e. The van der Waals surface area contributed by atoms with Gasteiger partial charge in [0.1, 0.15) is 18.3 Å². The van der Waals surface area contributed by atoms with Gasteiger partial charge in [-0.2, -0.15) is 4.98 Å². The predicted octanol–water partition coefficient (Wildman–Crippen LogP) is -6.08. The molecular formula is C10H14N5NaO11P2. The van der Waals surface area contributed by atoms with E-state index in [1.54, 1.807) is 0 Å². The Morgan fingerprint density at radius 3 is 2.62 bits per heavy atom. The Balaban J connectivity index is 0.00000300. The van der Waals surface area contributed by atoms with Gasteiger partial charge in [-0.15, -0.1) is 0 Å². The molecule has 0 aliphatic carbocycles. The van der Waals surface area contributed by atoms with Crippen LogP contribution < -0.4 is 45.7 Å². The van der Waals surface area contributed by atoms with E-state index >= 15 is 0 Å². The summed E-state index contributed by atoms with van der Waals surface area (Å²) >= 11 is 0. The molecular weight excluding hydrogens is 451 g/mol. The molecule has 0 bridgehead atoms. The van der Waals surface area contributed by atoms with E-state index in [1.165, 1.54) is 0 Å². The van der Waals surface area contributed by atoms with E-state index in [9.17, 15) is 29.0 Å². The zero-order chi connectivity index (χ0) is 20.9. The van der Waals surface area contributed by atoms with E-state index < -0.39 is 52.4 Å². The van der Waals surface area contributed by atoms with Crippen LogP contribution in [0.4, 0.5) is 5.95 Å². The van der Waals surface area contributed by atoms with E-state index in [2.05, 4.69) is 23.8 Å². The third-order valence-electron chi connectivity index (χ3n) is 3.67. The van der Waals surface area contributed by atoms with E-state index in [0.29, 0.717) is 0 Å². The fourth-order valence-electron chi connectivity index (χ4n) is 2.54. The van der Waals surface area contributed by atoms with Crippen LogP contribution in [0.3, 0.4) is 0 Å². The Morgan fingerprint density at radius 2 is 2.00 bits per heavy atom. The number of aromatic amines is 1. The van der Waals surface area contributed by atoms with Gasteiger partial charge in [0.25, 0.3) is 13.4 Å². The number of hydrogen-bond donors (Lipinski definition) is 6. The molecule has 7 N–H and O–H groups in total. The number of hydrogen-bond acceptors (Lipinski definition) is 12. The summed E-state index contributed by atoms with van der Waals surface area (Å²) in [4.78, 5) is 50.1. The van der Waals surface area contributed by atoms with Gasteiger partial charge < -0.3 is 39.9 Å². The van der Waals surface area contributed by atoms with Crippen molar-refractivity contribution in [3.63, 3.8) is 0 Å². The van der Waals surface area contributed by atoms with Gasteiger partial charge in [-0.05, 0) is 0 Å². The second-order valence-electron chi connectivity index (χ2n) is 5.64. The Morgan fingerprint density at radius 1 is 1.34 bits per heavy atom. The number of H-pyrrole nitrogens is 1. The summed E-state index contributed by atoms with van der Waals surface area (Å²) in [5.41, 5.74) is 4.61. The second-order valence-corrected chi connectivity index (χ2v) is 8.42. The van der Waals surface area contributed by atoms with Crippen molar-refractivity contribution < 1.29 is 77.2 Å². The fraction of sp³-hybridized carbons (Fsp3) is 0.500. The molecule has 5 atom stereocenters. The van der Waals surface area contributed by atoms with Crippen LogP contribution in [0.15, 0.2) is 11.1 Å². The number of anilines is 1. The van der Waals surface area contributed by atoms with Crippen LogP contribution in [0.2, 0.25) is 0 Å². The first-order valence-corrected chi connectivity index (χ1v) is 10.3. The predicted molar refractivity (Wildman–Crippen MR) is 85.2 cm³/mol. The summed E-state index contributed by atoms with van der Waals surface area (Å²) in [5.74, 6) is -0.242. The average Bonchev–Trinajstić information content (AvgIpc) is 3.06. The quantitative estimate of drug-likeness (QED) is 0.171. The zero-order valence-corrected chi connectivity index (χ0v) is 18.3. The Hall–Kier alpha value is -0.710. The number of phosphoric ester groups is 1. The molecule has 0 saturated carbocycles. The van der Waals surface area contributed by atoms with Crippen LogP contribution in [0.1, 0.15) is 6.23 Å². The minimum absolute atomic E-state index is 0. The maximum absolute atomic E-state index is 11.8. The Kier molecular flexibility index (Phi) is 7.45. The van der Waals surface area contributed by atoms with Crippen molar-refractivity contribution in [1.82, 2.24) is 19.5 Å². The maximum atomic E-state index is 11.8. The molecule has 2 aromatic rings. The summed E-state index contributed by atoms with van der Waals surface area (Å²) in [7, 11) is -10.8. The molecule has 1 fully saturated rings. The number of phosphoric acid groups is 2. The molecule has 0 amide bonds. The summed E-state index contributed by atoms with van der Waals surface area (Å²) in [6, 6.07) is 0. The van der Waals surface area contributed by atoms with Crippen molar-refractivity contribution in [2.75, 3.05) is 12.3 Å². The normalized spacial score (nSPS) is 26.9. The number of nitrogens with one attached hydrogen (secondary N) is 1. The molecule has 3 heterocycles. The van der Waals surface area contributed by atoms with Gasteiger partial charge in [-0.1, -0.05) is 0 Å². The van der Waals surface area contributed by atoms with Gasteiger partial charge in [0.05, 0.1) is 12.9 Å². The summed E-state index contributed by atoms with van der Waals surface area (Å²) in [6.45, 7) is -0.932. The number of nitrogens with two attached hydrogens (primary N) is 1. The van der Waals surface area contributed by atoms with Gasteiger partial charge in [-0.3, -0.25) is 18.9 Å². The average molecular weight is 465 g/mol. The van der Waals surface area contributed by atoms with Crippen LogP contribution in [0, 0.1) is 0 Å². The minimum atomic E-state index is -5.42. The first kappa shape index (κ1) is 24.6. The number of aliphatic hydroxyl groups is 2. The molecule has 3 rings (SSSR count). The van der Waals surface area contributed by atoms with E-state index in [0.717, 1.165) is 10.9 Å². The number of nitrogen functional groups attached to an aromatic ring is 1. The monoisotopic (exact) mass is 465 g/mol. The second kappa shape index (κ2) is 8.80. The number of aliphatic hydroxyl groups excluding tert-OH is 2. The largest absolute Gasteiger partial charge is 1.00 e. The van der Waals surface area contributed by atoms with Crippen LogP contribution in [0.5, 0.6) is 0 Å². The van der Waals surface area contributed by atoms with Gasteiger partial charge in [0, 0.05) is 0 Å². The SMILES string of the molecule is Nc1nc2c(ncn2C2OC(COP(=O)([O-])OP(=O)(O)O)C(O)C2O)c(=O)[nH]1.[Na+]. The summed E-state index contributed by atoms with van der Waals surface area (Å²) in [5, 5.41) is 20.2. The number of nitrogens with zero attached hydrogens (tertiary/aromatic N) is 3. The number of imidazole rings is 1. The van der Waals surface area contributed by atoms with Gasteiger partial charge in [0.2, 0.25) is 5.95 Å². The molecule has 5 unspecified atom stereocenters. The van der Waals surface area contributed by atoms with Crippen molar-refractivity contribution >= 4 is 32.8 Å². The molecule has 16 nitrogen and oxygen atoms in total. The standard InChI is InChI=1S/C10H15N5O11P2.Na/c11-10-13-7-4(8(18)14-10)12-2-15(7)9-6(17)5(16)3(25-9)1-24-28(22,23)26-27(19,20)21;/h2-3,5-6,9,16-17H,1H2,(H,22,23)(H2,19,20,21)(H3,11,13,14,18);/q;+1/p-1. The molecule has 0 radical (unpaired) electrons. The molecule has 0 aromatic carbocycles. The number of aromatic nitrogens is 4. The molecule has 19 heteroatoms. The zero-order valence-electron chi connectivity index (χ0n) is 14.6.